The summed E-state index contributed by atoms with van der Waals surface area (Å²) in [5.74, 6) is 2.59. The SMILES string of the molecule is COc1cccc(OCCCCn2c(CCCNC(=O)/C=C\c3ccccc3)nc3ccccc32)c1. The number of aryl methyl sites for hydroxylation is 2. The fourth-order valence-electron chi connectivity index (χ4n) is 4.07. The summed E-state index contributed by atoms with van der Waals surface area (Å²) in [6.45, 7) is 2.14. The lowest BCUT2D eigenvalue weighted by atomic mass is 10.2. The molecule has 1 amide bonds. The maximum absolute atomic E-state index is 12.1. The van der Waals surface area contributed by atoms with Crippen LogP contribution in [0, 0.1) is 0 Å². The lowest BCUT2D eigenvalue weighted by Gasteiger charge is -2.11. The highest BCUT2D eigenvalue weighted by Crippen LogP contribution is 2.20. The first kappa shape index (κ1) is 25.0. The number of carbonyl (C=O) groups excluding carboxylic acids is 1. The molecule has 0 spiro atoms. The molecule has 1 heterocycles. The molecule has 0 bridgehead atoms. The van der Waals surface area contributed by atoms with E-state index < -0.39 is 0 Å². The zero-order valence-electron chi connectivity index (χ0n) is 20.7. The van der Waals surface area contributed by atoms with Gasteiger partial charge in [0, 0.05) is 31.7 Å². The molecule has 4 aromatic rings. The van der Waals surface area contributed by atoms with Crippen molar-refractivity contribution in [2.24, 2.45) is 0 Å². The molecular weight excluding hydrogens is 450 g/mol. The minimum absolute atomic E-state index is 0.0802. The predicted molar refractivity (Wildman–Crippen MR) is 144 cm³/mol. The predicted octanol–water partition coefficient (Wildman–Crippen LogP) is 5.67. The quantitative estimate of drug-likeness (QED) is 0.197. The van der Waals surface area contributed by atoms with Gasteiger partial charge in [-0.3, -0.25) is 4.79 Å². The molecule has 4 rings (SSSR count). The van der Waals surface area contributed by atoms with Crippen LogP contribution in [0.1, 0.15) is 30.7 Å². The fourth-order valence-corrected chi connectivity index (χ4v) is 4.07. The van der Waals surface area contributed by atoms with Crippen LogP contribution in [0.2, 0.25) is 0 Å². The Kier molecular flexibility index (Phi) is 9.14. The Morgan fingerprint density at radius 1 is 0.944 bits per heavy atom. The van der Waals surface area contributed by atoms with E-state index in [1.54, 1.807) is 13.2 Å². The van der Waals surface area contributed by atoms with Gasteiger partial charge in [-0.1, -0.05) is 48.5 Å². The maximum Gasteiger partial charge on any atom is 0.243 e. The number of para-hydroxylation sites is 2. The van der Waals surface area contributed by atoms with Crippen molar-refractivity contribution in [2.75, 3.05) is 20.3 Å². The number of methoxy groups -OCH3 is 1. The molecule has 36 heavy (non-hydrogen) atoms. The number of benzene rings is 3. The number of fused-ring (bicyclic) bond motifs is 1. The molecule has 0 saturated heterocycles. The second-order valence-electron chi connectivity index (χ2n) is 8.54. The van der Waals surface area contributed by atoms with Gasteiger partial charge in [0.1, 0.15) is 17.3 Å². The van der Waals surface area contributed by atoms with E-state index in [0.717, 1.165) is 66.1 Å². The zero-order valence-corrected chi connectivity index (χ0v) is 20.7. The molecular formula is C30H33N3O3. The number of unbranched alkanes of at least 4 members (excludes halogenated alkanes) is 1. The van der Waals surface area contributed by atoms with Crippen LogP contribution in [-0.2, 0) is 17.8 Å². The van der Waals surface area contributed by atoms with E-state index in [2.05, 4.69) is 28.1 Å². The van der Waals surface area contributed by atoms with E-state index in [1.807, 2.05) is 66.7 Å². The zero-order chi connectivity index (χ0) is 25.0. The van der Waals surface area contributed by atoms with Gasteiger partial charge in [0.25, 0.3) is 0 Å². The van der Waals surface area contributed by atoms with Crippen molar-refractivity contribution >= 4 is 23.0 Å². The second-order valence-corrected chi connectivity index (χ2v) is 8.54. The monoisotopic (exact) mass is 483 g/mol. The Morgan fingerprint density at radius 2 is 1.75 bits per heavy atom. The molecule has 0 fully saturated rings. The first-order valence-electron chi connectivity index (χ1n) is 12.4. The van der Waals surface area contributed by atoms with Crippen LogP contribution < -0.4 is 14.8 Å². The van der Waals surface area contributed by atoms with Crippen LogP contribution in [0.3, 0.4) is 0 Å². The van der Waals surface area contributed by atoms with Crippen molar-refractivity contribution in [2.45, 2.75) is 32.2 Å². The summed E-state index contributed by atoms with van der Waals surface area (Å²) in [5, 5.41) is 2.97. The number of imidazole rings is 1. The molecule has 6 nitrogen and oxygen atoms in total. The third kappa shape index (κ3) is 7.22. The molecule has 0 saturated carbocycles. The number of rotatable bonds is 13. The highest BCUT2D eigenvalue weighted by Gasteiger charge is 2.10. The third-order valence-corrected chi connectivity index (χ3v) is 5.92. The van der Waals surface area contributed by atoms with E-state index in [0.29, 0.717) is 13.2 Å². The Hall–Kier alpha value is -4.06. The van der Waals surface area contributed by atoms with Crippen LogP contribution in [0.15, 0.2) is 84.9 Å². The summed E-state index contributed by atoms with van der Waals surface area (Å²) in [7, 11) is 1.66. The summed E-state index contributed by atoms with van der Waals surface area (Å²) < 4.78 is 13.4. The molecule has 0 aliphatic rings. The Morgan fingerprint density at radius 3 is 2.61 bits per heavy atom. The molecule has 3 aromatic carbocycles. The summed E-state index contributed by atoms with van der Waals surface area (Å²) in [5.41, 5.74) is 3.17. The number of carbonyl (C=O) groups is 1. The van der Waals surface area contributed by atoms with Gasteiger partial charge >= 0.3 is 0 Å². The Balaban J connectivity index is 1.25. The number of hydrogen-bond donors (Lipinski definition) is 1. The van der Waals surface area contributed by atoms with Crippen LogP contribution in [-0.4, -0.2) is 35.7 Å². The molecule has 186 valence electrons. The average molecular weight is 484 g/mol. The molecule has 6 heteroatoms. The lowest BCUT2D eigenvalue weighted by Crippen LogP contribution is -2.22. The third-order valence-electron chi connectivity index (χ3n) is 5.92. The van der Waals surface area contributed by atoms with Crippen LogP contribution in [0.25, 0.3) is 17.1 Å². The number of ether oxygens (including phenoxy) is 2. The van der Waals surface area contributed by atoms with Gasteiger partial charge in [-0.05, 0) is 55.2 Å². The van der Waals surface area contributed by atoms with Crippen molar-refractivity contribution in [1.82, 2.24) is 14.9 Å². The first-order chi connectivity index (χ1) is 17.7. The molecule has 0 aliphatic heterocycles. The van der Waals surface area contributed by atoms with Crippen molar-refractivity contribution in [3.05, 3.63) is 96.3 Å². The average Bonchev–Trinajstić information content (AvgIpc) is 3.27. The van der Waals surface area contributed by atoms with Gasteiger partial charge in [0.2, 0.25) is 5.91 Å². The molecule has 1 aromatic heterocycles. The molecule has 0 atom stereocenters. The van der Waals surface area contributed by atoms with Crippen LogP contribution in [0.4, 0.5) is 0 Å². The number of nitrogens with zero attached hydrogens (tertiary/aromatic N) is 2. The number of hydrogen-bond acceptors (Lipinski definition) is 4. The number of nitrogens with one attached hydrogen (secondary N) is 1. The van der Waals surface area contributed by atoms with Gasteiger partial charge in [-0.25, -0.2) is 4.98 Å². The molecule has 0 aliphatic carbocycles. The van der Waals surface area contributed by atoms with Gasteiger partial charge in [0.05, 0.1) is 24.8 Å². The number of aromatic nitrogens is 2. The summed E-state index contributed by atoms with van der Waals surface area (Å²) in [6.07, 6.45) is 6.96. The van der Waals surface area contributed by atoms with Crippen molar-refractivity contribution in [1.29, 1.82) is 0 Å². The normalized spacial score (nSPS) is 11.1. The van der Waals surface area contributed by atoms with E-state index in [9.17, 15) is 4.79 Å². The van der Waals surface area contributed by atoms with E-state index >= 15 is 0 Å². The smallest absolute Gasteiger partial charge is 0.243 e. The Labute approximate surface area is 212 Å². The second kappa shape index (κ2) is 13.1. The van der Waals surface area contributed by atoms with Gasteiger partial charge in [0.15, 0.2) is 0 Å². The highest BCUT2D eigenvalue weighted by atomic mass is 16.5. The topological polar surface area (TPSA) is 65.4 Å². The molecule has 0 unspecified atom stereocenters. The summed E-state index contributed by atoms with van der Waals surface area (Å²) >= 11 is 0. The Bertz CT molecular complexity index is 1280. The largest absolute Gasteiger partial charge is 0.497 e. The standard InChI is InChI=1S/C30H33N3O3/c1-35-25-13-9-14-26(23-25)36-22-8-7-21-33-28-16-6-5-15-27(28)32-29(33)17-10-20-31-30(34)19-18-24-11-3-2-4-12-24/h2-6,9,11-16,18-19,23H,7-8,10,17,20-22H2,1H3,(H,31,34)/b19-18-. The van der Waals surface area contributed by atoms with Crippen LogP contribution >= 0.6 is 0 Å². The first-order valence-corrected chi connectivity index (χ1v) is 12.4. The van der Waals surface area contributed by atoms with Crippen molar-refractivity contribution in [3.8, 4) is 11.5 Å². The molecule has 1 N–H and O–H groups in total. The maximum atomic E-state index is 12.1. The van der Waals surface area contributed by atoms with Gasteiger partial charge in [-0.2, -0.15) is 0 Å². The fraction of sp³-hybridized carbons (Fsp3) is 0.267. The van der Waals surface area contributed by atoms with Gasteiger partial charge < -0.3 is 19.4 Å². The van der Waals surface area contributed by atoms with Crippen molar-refractivity contribution in [3.63, 3.8) is 0 Å². The number of amides is 1. The summed E-state index contributed by atoms with van der Waals surface area (Å²) in [6, 6.07) is 25.7. The van der Waals surface area contributed by atoms with E-state index in [-0.39, 0.29) is 5.91 Å². The van der Waals surface area contributed by atoms with Crippen LogP contribution in [0.5, 0.6) is 11.5 Å². The van der Waals surface area contributed by atoms with Crippen molar-refractivity contribution < 1.29 is 14.3 Å². The summed E-state index contributed by atoms with van der Waals surface area (Å²) in [4.78, 5) is 17.0. The van der Waals surface area contributed by atoms with Gasteiger partial charge in [-0.15, -0.1) is 0 Å². The highest BCUT2D eigenvalue weighted by molar-refractivity contribution is 5.91. The minimum Gasteiger partial charge on any atom is -0.497 e. The molecule has 0 radical (unpaired) electrons. The van der Waals surface area contributed by atoms with E-state index in [4.69, 9.17) is 14.5 Å². The lowest BCUT2D eigenvalue weighted by molar-refractivity contribution is -0.116. The minimum atomic E-state index is -0.0802. The van der Waals surface area contributed by atoms with E-state index in [1.165, 1.54) is 0 Å².